The molecule has 4 aliphatic rings. The molecule has 0 heterocycles. The minimum absolute atomic E-state index is 0.0255. The molecule has 0 aromatic carbocycles. The summed E-state index contributed by atoms with van der Waals surface area (Å²) in [6.45, 7) is 6.37. The quantitative estimate of drug-likeness (QED) is 0.723. The Morgan fingerprint density at radius 1 is 1.21 bits per heavy atom. The van der Waals surface area contributed by atoms with E-state index < -0.39 is 0 Å². The summed E-state index contributed by atoms with van der Waals surface area (Å²) in [5.74, 6) is 1.64. The zero-order valence-electron chi connectivity index (χ0n) is 15.3. The number of ketones is 1. The predicted octanol–water partition coefficient (Wildman–Crippen LogP) is 3.49. The molecule has 0 radical (unpaired) electrons. The summed E-state index contributed by atoms with van der Waals surface area (Å²) in [7, 11) is 0. The van der Waals surface area contributed by atoms with Gasteiger partial charge in [-0.1, -0.05) is 25.5 Å². The van der Waals surface area contributed by atoms with Crippen LogP contribution in [0.4, 0.5) is 0 Å². The molecule has 4 rings (SSSR count). The van der Waals surface area contributed by atoms with Crippen LogP contribution >= 0.6 is 0 Å². The molecule has 2 N–H and O–H groups in total. The van der Waals surface area contributed by atoms with Crippen molar-refractivity contribution in [3.63, 3.8) is 0 Å². The van der Waals surface area contributed by atoms with Crippen molar-refractivity contribution in [2.75, 3.05) is 0 Å². The van der Waals surface area contributed by atoms with Gasteiger partial charge in [0.1, 0.15) is 5.78 Å². The van der Waals surface area contributed by atoms with Gasteiger partial charge in [0.25, 0.3) is 0 Å². The molecule has 5 unspecified atom stereocenters. The number of carbonyl (C=O) groups is 1. The lowest BCUT2D eigenvalue weighted by atomic mass is 9.47. The van der Waals surface area contributed by atoms with Crippen LogP contribution < -0.4 is 0 Å². The number of fused-ring (bicyclic) bond motifs is 5. The van der Waals surface area contributed by atoms with Crippen molar-refractivity contribution in [3.05, 3.63) is 11.6 Å². The van der Waals surface area contributed by atoms with Crippen molar-refractivity contribution >= 4 is 5.78 Å². The van der Waals surface area contributed by atoms with Crippen molar-refractivity contribution in [1.29, 1.82) is 0 Å². The fraction of sp³-hybridized carbons (Fsp3) is 0.857. The molecule has 0 aromatic heterocycles. The van der Waals surface area contributed by atoms with Gasteiger partial charge < -0.3 is 10.2 Å². The summed E-state index contributed by atoms with van der Waals surface area (Å²) in [6, 6.07) is 0. The maximum absolute atomic E-state index is 12.2. The normalized spacial score (nSPS) is 53.6. The Labute approximate surface area is 145 Å². The lowest BCUT2D eigenvalue weighted by molar-refractivity contribution is -0.128. The van der Waals surface area contributed by atoms with E-state index in [1.165, 1.54) is 5.57 Å². The van der Waals surface area contributed by atoms with Crippen LogP contribution in [0.25, 0.3) is 0 Å². The van der Waals surface area contributed by atoms with Gasteiger partial charge in [0.2, 0.25) is 0 Å². The van der Waals surface area contributed by atoms with E-state index in [1.54, 1.807) is 6.92 Å². The Kier molecular flexibility index (Phi) is 3.78. The Morgan fingerprint density at radius 2 is 1.96 bits per heavy atom. The summed E-state index contributed by atoms with van der Waals surface area (Å²) >= 11 is 0. The standard InChI is InChI=1S/C21H32O3/c1-12(22)17-11-18(24)19-15-5-4-13-10-14(23)6-8-20(13,2)16(15)7-9-21(17,19)3/h4,14-19,23-24H,5-11H2,1-3H3/t14-,15?,16?,17?,18?,19?,20-,21+/m0/s1. The van der Waals surface area contributed by atoms with Crippen molar-refractivity contribution in [2.45, 2.75) is 77.9 Å². The number of aliphatic hydroxyl groups excluding tert-OH is 2. The second kappa shape index (κ2) is 5.41. The van der Waals surface area contributed by atoms with E-state index in [2.05, 4.69) is 19.9 Å². The number of hydrogen-bond acceptors (Lipinski definition) is 3. The topological polar surface area (TPSA) is 57.5 Å². The molecule has 3 saturated carbocycles. The second-order valence-electron chi connectivity index (χ2n) is 9.59. The fourth-order valence-electron chi connectivity index (χ4n) is 7.34. The predicted molar refractivity (Wildman–Crippen MR) is 93.3 cm³/mol. The van der Waals surface area contributed by atoms with Gasteiger partial charge in [0.15, 0.2) is 0 Å². The molecule has 0 bridgehead atoms. The van der Waals surface area contributed by atoms with Crippen LogP contribution in [-0.2, 0) is 4.79 Å². The molecule has 3 fully saturated rings. The first kappa shape index (κ1) is 16.8. The Bertz CT molecular complexity index is 582. The van der Waals surface area contributed by atoms with E-state index in [9.17, 15) is 15.0 Å². The van der Waals surface area contributed by atoms with E-state index in [1.807, 2.05) is 0 Å². The van der Waals surface area contributed by atoms with Gasteiger partial charge in [-0.15, -0.1) is 0 Å². The second-order valence-corrected chi connectivity index (χ2v) is 9.59. The zero-order chi connectivity index (χ0) is 17.3. The highest BCUT2D eigenvalue weighted by Crippen LogP contribution is 2.66. The van der Waals surface area contributed by atoms with Crippen molar-refractivity contribution in [3.8, 4) is 0 Å². The molecule has 0 saturated heterocycles. The van der Waals surface area contributed by atoms with Crippen LogP contribution in [0.2, 0.25) is 0 Å². The molecule has 4 aliphatic carbocycles. The molecule has 3 nitrogen and oxygen atoms in total. The van der Waals surface area contributed by atoms with Crippen molar-refractivity contribution in [2.24, 2.45) is 34.5 Å². The highest BCUT2D eigenvalue weighted by atomic mass is 16.3. The number of hydrogen-bond donors (Lipinski definition) is 2. The number of Topliss-reactive ketones (excluding diaryl/α,β-unsaturated/α-hetero) is 1. The van der Waals surface area contributed by atoms with Crippen LogP contribution in [0, 0.1) is 34.5 Å². The average Bonchev–Trinajstić information content (AvgIpc) is 2.80. The van der Waals surface area contributed by atoms with E-state index in [-0.39, 0.29) is 40.7 Å². The van der Waals surface area contributed by atoms with Crippen LogP contribution in [0.5, 0.6) is 0 Å². The molecular weight excluding hydrogens is 300 g/mol. The number of aliphatic hydroxyl groups is 2. The molecule has 134 valence electrons. The first-order valence-corrected chi connectivity index (χ1v) is 9.83. The van der Waals surface area contributed by atoms with Gasteiger partial charge in [-0.25, -0.2) is 0 Å². The van der Waals surface area contributed by atoms with Gasteiger partial charge in [-0.2, -0.15) is 0 Å². The van der Waals surface area contributed by atoms with Gasteiger partial charge in [-0.05, 0) is 80.5 Å². The smallest absolute Gasteiger partial charge is 0.133 e. The monoisotopic (exact) mass is 332 g/mol. The molecule has 0 aliphatic heterocycles. The highest BCUT2D eigenvalue weighted by Gasteiger charge is 2.62. The van der Waals surface area contributed by atoms with Crippen molar-refractivity contribution < 1.29 is 15.0 Å². The molecule has 0 spiro atoms. The number of carbonyl (C=O) groups excluding carboxylic acids is 1. The van der Waals surface area contributed by atoms with Crippen LogP contribution in [0.1, 0.15) is 65.7 Å². The van der Waals surface area contributed by atoms with Gasteiger partial charge in [0.05, 0.1) is 12.2 Å². The first-order valence-electron chi connectivity index (χ1n) is 9.83. The molecule has 0 aromatic rings. The summed E-state index contributed by atoms with van der Waals surface area (Å²) in [5.41, 5.74) is 1.63. The van der Waals surface area contributed by atoms with E-state index in [4.69, 9.17) is 0 Å². The van der Waals surface area contributed by atoms with Gasteiger partial charge in [0, 0.05) is 5.92 Å². The average molecular weight is 332 g/mol. The Morgan fingerprint density at radius 3 is 2.67 bits per heavy atom. The number of rotatable bonds is 1. The molecular formula is C21H32O3. The Balaban J connectivity index is 1.70. The molecule has 24 heavy (non-hydrogen) atoms. The van der Waals surface area contributed by atoms with E-state index in [0.29, 0.717) is 18.3 Å². The highest BCUT2D eigenvalue weighted by molar-refractivity contribution is 5.79. The lowest BCUT2D eigenvalue weighted by Gasteiger charge is -2.58. The zero-order valence-corrected chi connectivity index (χ0v) is 15.3. The van der Waals surface area contributed by atoms with Crippen LogP contribution in [-0.4, -0.2) is 28.2 Å². The van der Waals surface area contributed by atoms with Crippen molar-refractivity contribution in [1.82, 2.24) is 0 Å². The summed E-state index contributed by atoms with van der Waals surface area (Å²) in [6.07, 6.45) is 8.58. The third-order valence-electron chi connectivity index (χ3n) is 8.55. The summed E-state index contributed by atoms with van der Waals surface area (Å²) < 4.78 is 0. The van der Waals surface area contributed by atoms with E-state index in [0.717, 1.165) is 38.5 Å². The molecule has 3 heteroatoms. The minimum atomic E-state index is -0.329. The maximum atomic E-state index is 12.2. The van der Waals surface area contributed by atoms with Gasteiger partial charge >= 0.3 is 0 Å². The SMILES string of the molecule is CC(=O)C1CC(O)C2C3CC=C4C[C@@H](O)CC[C@]4(C)C3CC[C@]12C. The first-order chi connectivity index (χ1) is 11.3. The van der Waals surface area contributed by atoms with E-state index >= 15 is 0 Å². The summed E-state index contributed by atoms with van der Waals surface area (Å²) in [4.78, 5) is 12.2. The number of allylic oxidation sites excluding steroid dienone is 1. The fourth-order valence-corrected chi connectivity index (χ4v) is 7.34. The minimum Gasteiger partial charge on any atom is -0.393 e. The molecule has 0 amide bonds. The van der Waals surface area contributed by atoms with Crippen LogP contribution in [0.15, 0.2) is 11.6 Å². The lowest BCUT2D eigenvalue weighted by Crippen LogP contribution is -2.52. The third kappa shape index (κ3) is 2.13. The largest absolute Gasteiger partial charge is 0.393 e. The Hall–Kier alpha value is -0.670. The van der Waals surface area contributed by atoms with Crippen LogP contribution in [0.3, 0.4) is 0 Å². The summed E-state index contributed by atoms with van der Waals surface area (Å²) in [5, 5.41) is 20.9. The molecule has 8 atom stereocenters. The maximum Gasteiger partial charge on any atom is 0.133 e. The third-order valence-corrected chi connectivity index (χ3v) is 8.55. The van der Waals surface area contributed by atoms with Gasteiger partial charge in [-0.3, -0.25) is 4.79 Å².